The van der Waals surface area contributed by atoms with Gasteiger partial charge in [-0.15, -0.1) is 0 Å². The molecule has 0 aliphatic heterocycles. The predicted molar refractivity (Wildman–Crippen MR) is 114 cm³/mol. The maximum absolute atomic E-state index is 12.5. The van der Waals surface area contributed by atoms with E-state index in [2.05, 4.69) is 27.3 Å². The van der Waals surface area contributed by atoms with Gasteiger partial charge in [0.1, 0.15) is 0 Å². The lowest BCUT2D eigenvalue weighted by Gasteiger charge is -2.17. The van der Waals surface area contributed by atoms with Gasteiger partial charge >= 0.3 is 5.69 Å². The van der Waals surface area contributed by atoms with Crippen LogP contribution in [-0.4, -0.2) is 40.5 Å². The highest BCUT2D eigenvalue weighted by molar-refractivity contribution is 5.97. The van der Waals surface area contributed by atoms with Crippen LogP contribution in [0.3, 0.4) is 0 Å². The average Bonchev–Trinajstić information content (AvgIpc) is 2.67. The smallest absolute Gasteiger partial charge is 0.329 e. The number of hydrogen-bond donors (Lipinski definition) is 2. The van der Waals surface area contributed by atoms with E-state index >= 15 is 0 Å². The van der Waals surface area contributed by atoms with Crippen LogP contribution in [0.2, 0.25) is 0 Å². The highest BCUT2D eigenvalue weighted by Crippen LogP contribution is 2.10. The monoisotopic (exact) mass is 394 g/mol. The Morgan fingerprint density at radius 1 is 1.14 bits per heavy atom. The lowest BCUT2D eigenvalue weighted by atomic mass is 10.1. The largest absolute Gasteiger partial charge is 0.351 e. The van der Waals surface area contributed by atoms with Gasteiger partial charge < -0.3 is 15.2 Å². The SMILES string of the molecule is CC(C)n1c(=O)[nH]c2cc(C(=O)NCCN(C)Cc3ccccc3)ccc2c1=O. The van der Waals surface area contributed by atoms with E-state index in [0.717, 1.165) is 6.54 Å². The molecule has 0 bridgehead atoms. The molecule has 0 unspecified atom stereocenters. The number of H-pyrrole nitrogens is 1. The summed E-state index contributed by atoms with van der Waals surface area (Å²) in [5.74, 6) is -0.242. The Kier molecular flexibility index (Phi) is 6.29. The van der Waals surface area contributed by atoms with Gasteiger partial charge in [0.15, 0.2) is 0 Å². The molecule has 0 saturated carbocycles. The fourth-order valence-corrected chi connectivity index (χ4v) is 3.28. The average molecular weight is 394 g/mol. The van der Waals surface area contributed by atoms with E-state index in [1.807, 2.05) is 25.2 Å². The molecule has 2 aromatic carbocycles. The van der Waals surface area contributed by atoms with Gasteiger partial charge in [0, 0.05) is 31.2 Å². The van der Waals surface area contributed by atoms with E-state index in [9.17, 15) is 14.4 Å². The van der Waals surface area contributed by atoms with Crippen molar-refractivity contribution in [2.45, 2.75) is 26.4 Å². The normalized spacial score (nSPS) is 11.3. The van der Waals surface area contributed by atoms with Crippen molar-refractivity contribution in [3.63, 3.8) is 0 Å². The second kappa shape index (κ2) is 8.87. The molecule has 0 aliphatic rings. The molecule has 0 atom stereocenters. The molecular weight excluding hydrogens is 368 g/mol. The van der Waals surface area contributed by atoms with E-state index < -0.39 is 5.69 Å². The van der Waals surface area contributed by atoms with Gasteiger partial charge in [-0.1, -0.05) is 30.3 Å². The summed E-state index contributed by atoms with van der Waals surface area (Å²) in [6.45, 7) is 5.55. The van der Waals surface area contributed by atoms with Gasteiger partial charge in [-0.2, -0.15) is 0 Å². The van der Waals surface area contributed by atoms with Crippen molar-refractivity contribution in [1.82, 2.24) is 19.8 Å². The van der Waals surface area contributed by atoms with Crippen molar-refractivity contribution >= 4 is 16.8 Å². The van der Waals surface area contributed by atoms with Crippen molar-refractivity contribution < 1.29 is 4.79 Å². The number of aromatic amines is 1. The summed E-state index contributed by atoms with van der Waals surface area (Å²) >= 11 is 0. The summed E-state index contributed by atoms with van der Waals surface area (Å²) < 4.78 is 1.17. The van der Waals surface area contributed by atoms with Crippen LogP contribution in [0, 0.1) is 0 Å². The van der Waals surface area contributed by atoms with Crippen LogP contribution >= 0.6 is 0 Å². The zero-order chi connectivity index (χ0) is 21.0. The lowest BCUT2D eigenvalue weighted by molar-refractivity contribution is 0.0949. The lowest BCUT2D eigenvalue weighted by Crippen LogP contribution is -2.36. The predicted octanol–water partition coefficient (Wildman–Crippen LogP) is 2.13. The molecule has 152 valence electrons. The molecule has 0 spiro atoms. The molecular formula is C22H26N4O3. The number of carbonyl (C=O) groups excluding carboxylic acids is 1. The van der Waals surface area contributed by atoms with Gasteiger partial charge in [-0.25, -0.2) is 4.79 Å². The first kappa shape index (κ1) is 20.5. The molecule has 2 N–H and O–H groups in total. The number of carbonyl (C=O) groups is 1. The molecule has 29 heavy (non-hydrogen) atoms. The summed E-state index contributed by atoms with van der Waals surface area (Å²) in [6.07, 6.45) is 0. The molecule has 0 radical (unpaired) electrons. The number of likely N-dealkylation sites (N-methyl/N-ethyl adjacent to an activating group) is 1. The highest BCUT2D eigenvalue weighted by Gasteiger charge is 2.13. The number of fused-ring (bicyclic) bond motifs is 1. The van der Waals surface area contributed by atoms with Crippen molar-refractivity contribution in [2.75, 3.05) is 20.1 Å². The van der Waals surface area contributed by atoms with Crippen LogP contribution in [0.1, 0.15) is 35.8 Å². The van der Waals surface area contributed by atoms with Crippen LogP contribution in [0.15, 0.2) is 58.1 Å². The van der Waals surface area contributed by atoms with E-state index in [0.29, 0.717) is 29.6 Å². The molecule has 7 heteroatoms. The maximum Gasteiger partial charge on any atom is 0.329 e. The van der Waals surface area contributed by atoms with Crippen LogP contribution in [-0.2, 0) is 6.54 Å². The van der Waals surface area contributed by atoms with Crippen LogP contribution in [0.5, 0.6) is 0 Å². The molecule has 1 aromatic heterocycles. The summed E-state index contributed by atoms with van der Waals surface area (Å²) in [5.41, 5.74) is 1.16. The van der Waals surface area contributed by atoms with Crippen molar-refractivity contribution in [1.29, 1.82) is 0 Å². The molecule has 1 amide bonds. The fourth-order valence-electron chi connectivity index (χ4n) is 3.28. The first-order chi connectivity index (χ1) is 13.9. The van der Waals surface area contributed by atoms with Crippen LogP contribution in [0.25, 0.3) is 10.9 Å². The second-order valence-corrected chi connectivity index (χ2v) is 7.44. The minimum atomic E-state index is -0.474. The number of nitrogens with zero attached hydrogens (tertiary/aromatic N) is 2. The topological polar surface area (TPSA) is 87.2 Å². The number of aromatic nitrogens is 2. The van der Waals surface area contributed by atoms with E-state index in [-0.39, 0.29) is 17.5 Å². The Morgan fingerprint density at radius 2 is 1.86 bits per heavy atom. The zero-order valence-electron chi connectivity index (χ0n) is 16.9. The first-order valence-electron chi connectivity index (χ1n) is 9.66. The molecule has 3 aromatic rings. The van der Waals surface area contributed by atoms with E-state index in [1.165, 1.54) is 10.1 Å². The maximum atomic E-state index is 12.5. The second-order valence-electron chi connectivity index (χ2n) is 7.44. The first-order valence-corrected chi connectivity index (χ1v) is 9.66. The summed E-state index contributed by atoms with van der Waals surface area (Å²) in [6, 6.07) is 14.6. The Morgan fingerprint density at radius 3 is 2.55 bits per heavy atom. The Labute approximate surface area is 169 Å². The van der Waals surface area contributed by atoms with Gasteiger partial charge in [0.2, 0.25) is 0 Å². The van der Waals surface area contributed by atoms with Gasteiger partial charge in [-0.3, -0.25) is 14.2 Å². The third-order valence-corrected chi connectivity index (χ3v) is 4.78. The van der Waals surface area contributed by atoms with Crippen molar-refractivity contribution in [3.05, 3.63) is 80.5 Å². The van der Waals surface area contributed by atoms with Crippen LogP contribution < -0.4 is 16.6 Å². The van der Waals surface area contributed by atoms with E-state index in [4.69, 9.17) is 0 Å². The molecule has 1 heterocycles. The standard InChI is InChI=1S/C22H26N4O3/c1-15(2)26-21(28)18-10-9-17(13-19(18)24-22(26)29)20(27)23-11-12-25(3)14-16-7-5-4-6-8-16/h4-10,13,15H,11-12,14H2,1-3H3,(H,23,27)(H,24,29). The summed E-state index contributed by atoms with van der Waals surface area (Å²) in [5, 5.41) is 3.27. The summed E-state index contributed by atoms with van der Waals surface area (Å²) in [7, 11) is 2.00. The minimum absolute atomic E-state index is 0.242. The number of hydrogen-bond acceptors (Lipinski definition) is 4. The molecule has 3 rings (SSSR count). The van der Waals surface area contributed by atoms with Crippen LogP contribution in [0.4, 0.5) is 0 Å². The Hall–Kier alpha value is -3.19. The Balaban J connectivity index is 1.66. The van der Waals surface area contributed by atoms with Crippen molar-refractivity contribution in [3.8, 4) is 0 Å². The van der Waals surface area contributed by atoms with Gasteiger partial charge in [0.05, 0.1) is 10.9 Å². The van der Waals surface area contributed by atoms with E-state index in [1.54, 1.807) is 32.0 Å². The molecule has 0 aliphatic carbocycles. The molecule has 0 fully saturated rings. The Bertz CT molecular complexity index is 1120. The molecule has 7 nitrogen and oxygen atoms in total. The molecule has 0 saturated heterocycles. The van der Waals surface area contributed by atoms with Gasteiger partial charge in [-0.05, 0) is 44.7 Å². The quantitative estimate of drug-likeness (QED) is 0.643. The third-order valence-electron chi connectivity index (χ3n) is 4.78. The summed E-state index contributed by atoms with van der Waals surface area (Å²) in [4.78, 5) is 42.0. The minimum Gasteiger partial charge on any atom is -0.351 e. The number of rotatable bonds is 7. The van der Waals surface area contributed by atoms with Crippen molar-refractivity contribution in [2.24, 2.45) is 0 Å². The highest BCUT2D eigenvalue weighted by atomic mass is 16.2. The third kappa shape index (κ3) is 4.81. The number of nitrogens with one attached hydrogen (secondary N) is 2. The fraction of sp³-hybridized carbons (Fsp3) is 0.318. The number of amides is 1. The number of benzene rings is 2. The van der Waals surface area contributed by atoms with Gasteiger partial charge in [0.25, 0.3) is 11.5 Å². The zero-order valence-corrected chi connectivity index (χ0v) is 16.9.